The Balaban J connectivity index is 1.83. The number of anilines is 1. The van der Waals surface area contributed by atoms with Crippen LogP contribution in [0.2, 0.25) is 0 Å². The van der Waals surface area contributed by atoms with Crippen molar-refractivity contribution in [3.8, 4) is 5.75 Å². The summed E-state index contributed by atoms with van der Waals surface area (Å²) in [7, 11) is 1.57. The molecule has 22 heavy (non-hydrogen) atoms. The summed E-state index contributed by atoms with van der Waals surface area (Å²) < 4.78 is 5.21. The fourth-order valence-corrected chi connectivity index (χ4v) is 2.40. The van der Waals surface area contributed by atoms with E-state index in [1.807, 2.05) is 17.0 Å². The number of benzene rings is 1. The molecule has 2 rings (SSSR count). The lowest BCUT2D eigenvalue weighted by molar-refractivity contribution is -0.128. The Kier molecular flexibility index (Phi) is 5.55. The number of nitrogens with zero attached hydrogens (tertiary/aromatic N) is 2. The molecule has 0 aromatic heterocycles. The highest BCUT2D eigenvalue weighted by Gasteiger charge is 2.21. The van der Waals surface area contributed by atoms with E-state index in [0.717, 1.165) is 0 Å². The molecule has 1 aliphatic heterocycles. The summed E-state index contributed by atoms with van der Waals surface area (Å²) in [5.41, 5.74) is 0.662. The van der Waals surface area contributed by atoms with Crippen molar-refractivity contribution in [1.82, 2.24) is 9.80 Å². The third-order valence-electron chi connectivity index (χ3n) is 3.61. The Hall–Kier alpha value is -2.34. The number of nitrogens with one attached hydrogen (secondary N) is 1. The van der Waals surface area contributed by atoms with Crippen LogP contribution in [0.3, 0.4) is 0 Å². The molecule has 0 radical (unpaired) electrons. The summed E-state index contributed by atoms with van der Waals surface area (Å²) in [6.45, 7) is 6.38. The molecular weight excluding hydrogens is 282 g/mol. The maximum Gasteiger partial charge on any atom is 0.246 e. The summed E-state index contributed by atoms with van der Waals surface area (Å²) in [4.78, 5) is 27.4. The van der Waals surface area contributed by atoms with E-state index in [2.05, 4.69) is 11.9 Å². The summed E-state index contributed by atoms with van der Waals surface area (Å²) in [5.74, 6) is 0.489. The molecule has 1 heterocycles. The van der Waals surface area contributed by atoms with Crippen molar-refractivity contribution < 1.29 is 14.3 Å². The van der Waals surface area contributed by atoms with Crippen molar-refractivity contribution >= 4 is 17.5 Å². The maximum absolute atomic E-state index is 12.1. The molecule has 0 bridgehead atoms. The average molecular weight is 303 g/mol. The highest BCUT2D eigenvalue weighted by Crippen LogP contribution is 2.22. The molecule has 1 aromatic carbocycles. The van der Waals surface area contributed by atoms with Gasteiger partial charge in [0.15, 0.2) is 0 Å². The van der Waals surface area contributed by atoms with Crippen molar-refractivity contribution in [2.45, 2.75) is 0 Å². The van der Waals surface area contributed by atoms with Gasteiger partial charge in [-0.05, 0) is 18.2 Å². The number of carbonyl (C=O) groups excluding carboxylic acids is 2. The van der Waals surface area contributed by atoms with Crippen LogP contribution in [-0.2, 0) is 9.59 Å². The lowest BCUT2D eigenvalue weighted by Gasteiger charge is -2.33. The Morgan fingerprint density at radius 3 is 2.59 bits per heavy atom. The van der Waals surface area contributed by atoms with E-state index in [1.165, 1.54) is 6.08 Å². The zero-order chi connectivity index (χ0) is 15.9. The minimum atomic E-state index is -0.0898. The molecule has 0 atom stereocenters. The van der Waals surface area contributed by atoms with Gasteiger partial charge in [0, 0.05) is 26.2 Å². The van der Waals surface area contributed by atoms with Gasteiger partial charge >= 0.3 is 0 Å². The third-order valence-corrected chi connectivity index (χ3v) is 3.61. The Morgan fingerprint density at radius 1 is 1.27 bits per heavy atom. The third kappa shape index (κ3) is 4.08. The summed E-state index contributed by atoms with van der Waals surface area (Å²) >= 11 is 0. The quantitative estimate of drug-likeness (QED) is 0.823. The molecule has 118 valence electrons. The van der Waals surface area contributed by atoms with Crippen LogP contribution in [0.4, 0.5) is 5.69 Å². The smallest absolute Gasteiger partial charge is 0.246 e. The van der Waals surface area contributed by atoms with Gasteiger partial charge in [0.2, 0.25) is 11.8 Å². The molecule has 0 saturated carbocycles. The van der Waals surface area contributed by atoms with E-state index < -0.39 is 0 Å². The summed E-state index contributed by atoms with van der Waals surface area (Å²) in [5, 5.41) is 2.85. The van der Waals surface area contributed by atoms with E-state index >= 15 is 0 Å². The number of piperazine rings is 1. The normalized spacial score (nSPS) is 15.2. The number of methoxy groups -OCH3 is 1. The fourth-order valence-electron chi connectivity index (χ4n) is 2.40. The van der Waals surface area contributed by atoms with Crippen LogP contribution in [0, 0.1) is 0 Å². The first-order chi connectivity index (χ1) is 10.6. The van der Waals surface area contributed by atoms with Gasteiger partial charge < -0.3 is 15.0 Å². The van der Waals surface area contributed by atoms with Gasteiger partial charge in [-0.1, -0.05) is 18.7 Å². The van der Waals surface area contributed by atoms with Crippen molar-refractivity contribution in [2.75, 3.05) is 45.2 Å². The lowest BCUT2D eigenvalue weighted by Crippen LogP contribution is -2.50. The minimum absolute atomic E-state index is 0.0573. The van der Waals surface area contributed by atoms with Crippen LogP contribution in [0.25, 0.3) is 0 Å². The zero-order valence-corrected chi connectivity index (χ0v) is 12.7. The molecule has 1 fully saturated rings. The predicted molar refractivity (Wildman–Crippen MR) is 84.8 cm³/mol. The molecule has 6 heteroatoms. The number of hydrogen-bond acceptors (Lipinski definition) is 4. The van der Waals surface area contributed by atoms with Gasteiger partial charge in [0.25, 0.3) is 0 Å². The van der Waals surface area contributed by atoms with Crippen molar-refractivity contribution in [1.29, 1.82) is 0 Å². The first-order valence-electron chi connectivity index (χ1n) is 7.20. The molecule has 2 amide bonds. The van der Waals surface area contributed by atoms with Crippen LogP contribution in [0.5, 0.6) is 5.75 Å². The second-order valence-corrected chi connectivity index (χ2v) is 5.05. The van der Waals surface area contributed by atoms with E-state index in [4.69, 9.17) is 4.74 Å². The molecule has 1 aliphatic rings. The Bertz CT molecular complexity index is 551. The second kappa shape index (κ2) is 7.61. The van der Waals surface area contributed by atoms with Gasteiger partial charge in [0.05, 0.1) is 19.3 Å². The van der Waals surface area contributed by atoms with Gasteiger partial charge in [-0.25, -0.2) is 0 Å². The minimum Gasteiger partial charge on any atom is -0.495 e. The highest BCUT2D eigenvalue weighted by atomic mass is 16.5. The van der Waals surface area contributed by atoms with Gasteiger partial charge in [-0.15, -0.1) is 0 Å². The van der Waals surface area contributed by atoms with E-state index in [0.29, 0.717) is 44.2 Å². The largest absolute Gasteiger partial charge is 0.495 e. The van der Waals surface area contributed by atoms with E-state index in [-0.39, 0.29) is 11.8 Å². The maximum atomic E-state index is 12.1. The van der Waals surface area contributed by atoms with Gasteiger partial charge in [-0.2, -0.15) is 0 Å². The van der Waals surface area contributed by atoms with Gasteiger partial charge in [0.1, 0.15) is 5.75 Å². The van der Waals surface area contributed by atoms with Crippen molar-refractivity contribution in [3.63, 3.8) is 0 Å². The van der Waals surface area contributed by atoms with Gasteiger partial charge in [-0.3, -0.25) is 14.5 Å². The van der Waals surface area contributed by atoms with Crippen LogP contribution in [0.15, 0.2) is 36.9 Å². The molecule has 0 unspecified atom stereocenters. The zero-order valence-electron chi connectivity index (χ0n) is 12.7. The molecule has 6 nitrogen and oxygen atoms in total. The first kappa shape index (κ1) is 16.0. The number of para-hydroxylation sites is 2. The summed E-state index contributed by atoms with van der Waals surface area (Å²) in [6.07, 6.45) is 1.32. The molecule has 1 N–H and O–H groups in total. The lowest BCUT2D eigenvalue weighted by atomic mass is 10.2. The highest BCUT2D eigenvalue weighted by molar-refractivity contribution is 5.93. The number of ether oxygens (including phenoxy) is 1. The number of amides is 2. The van der Waals surface area contributed by atoms with Crippen LogP contribution < -0.4 is 10.1 Å². The first-order valence-corrected chi connectivity index (χ1v) is 7.20. The summed E-state index contributed by atoms with van der Waals surface area (Å²) in [6, 6.07) is 7.30. The number of hydrogen-bond donors (Lipinski definition) is 1. The standard InChI is InChI=1S/C16H21N3O3/c1-3-16(21)19-10-8-18(9-11-19)12-15(20)17-13-6-4-5-7-14(13)22-2/h3-7H,1,8-12H2,2H3,(H,17,20). The molecule has 0 spiro atoms. The molecule has 1 saturated heterocycles. The monoisotopic (exact) mass is 303 g/mol. The van der Waals surface area contributed by atoms with Crippen LogP contribution in [-0.4, -0.2) is 61.4 Å². The van der Waals surface area contributed by atoms with Crippen LogP contribution in [0.1, 0.15) is 0 Å². The fraction of sp³-hybridized carbons (Fsp3) is 0.375. The molecular formula is C16H21N3O3. The Labute approximate surface area is 130 Å². The SMILES string of the molecule is C=CC(=O)N1CCN(CC(=O)Nc2ccccc2OC)CC1. The molecule has 1 aromatic rings. The second-order valence-electron chi connectivity index (χ2n) is 5.05. The number of rotatable bonds is 5. The number of carbonyl (C=O) groups is 2. The Morgan fingerprint density at radius 2 is 1.95 bits per heavy atom. The van der Waals surface area contributed by atoms with Crippen molar-refractivity contribution in [2.24, 2.45) is 0 Å². The van der Waals surface area contributed by atoms with E-state index in [1.54, 1.807) is 24.1 Å². The molecule has 0 aliphatic carbocycles. The predicted octanol–water partition coefficient (Wildman–Crippen LogP) is 0.964. The topological polar surface area (TPSA) is 61.9 Å². The van der Waals surface area contributed by atoms with E-state index in [9.17, 15) is 9.59 Å². The van der Waals surface area contributed by atoms with Crippen LogP contribution >= 0.6 is 0 Å². The average Bonchev–Trinajstić information content (AvgIpc) is 2.55. The van der Waals surface area contributed by atoms with Crippen molar-refractivity contribution in [3.05, 3.63) is 36.9 Å².